The molecule has 2 N–H and O–H groups in total. The van der Waals surface area contributed by atoms with Gasteiger partial charge in [-0.25, -0.2) is 4.79 Å². The standard InChI is InChI=1S/C9H10N4.C9H17NO2/c1-2-7-8-6(4-3-5-11-8)9(10)13-12-7;1-9(2,3)12-8(11)10-6-4-5-7-10/h3-5H,2H2,1H3,(H2,10,13);4-7H2,1-3H3. The van der Waals surface area contributed by atoms with E-state index >= 15 is 0 Å². The minimum atomic E-state index is -0.361. The van der Waals surface area contributed by atoms with Crippen molar-refractivity contribution in [2.75, 3.05) is 18.8 Å². The van der Waals surface area contributed by atoms with E-state index in [1.54, 1.807) is 11.1 Å². The fourth-order valence-corrected chi connectivity index (χ4v) is 2.52. The molecule has 1 amide bonds. The molecule has 25 heavy (non-hydrogen) atoms. The Balaban J connectivity index is 0.000000181. The number of nitrogens with zero attached hydrogens (tertiary/aromatic N) is 4. The van der Waals surface area contributed by atoms with Crippen molar-refractivity contribution in [2.45, 2.75) is 52.6 Å². The highest BCUT2D eigenvalue weighted by Crippen LogP contribution is 2.18. The molecule has 3 rings (SSSR count). The normalized spacial score (nSPS) is 14.2. The summed E-state index contributed by atoms with van der Waals surface area (Å²) >= 11 is 0. The predicted molar refractivity (Wildman–Crippen MR) is 98.2 cm³/mol. The molecule has 0 atom stereocenters. The molecule has 2 aromatic rings. The van der Waals surface area contributed by atoms with Gasteiger partial charge in [0.2, 0.25) is 0 Å². The molecular formula is C18H27N5O2. The smallest absolute Gasteiger partial charge is 0.410 e. The molecule has 1 aliphatic heterocycles. The van der Waals surface area contributed by atoms with Gasteiger partial charge < -0.3 is 15.4 Å². The van der Waals surface area contributed by atoms with Gasteiger partial charge in [0.1, 0.15) is 5.60 Å². The number of nitrogen functional groups attached to an aromatic ring is 1. The molecule has 1 aliphatic rings. The molecule has 136 valence electrons. The lowest BCUT2D eigenvalue weighted by atomic mass is 10.2. The molecule has 7 heteroatoms. The number of fused-ring (bicyclic) bond motifs is 1. The quantitative estimate of drug-likeness (QED) is 0.853. The van der Waals surface area contributed by atoms with Gasteiger partial charge in [-0.1, -0.05) is 6.92 Å². The van der Waals surface area contributed by atoms with Crippen LogP contribution in [0.3, 0.4) is 0 Å². The van der Waals surface area contributed by atoms with Crippen LogP contribution in [0.5, 0.6) is 0 Å². The van der Waals surface area contributed by atoms with Crippen LogP contribution in [0, 0.1) is 0 Å². The first-order chi connectivity index (χ1) is 11.8. The van der Waals surface area contributed by atoms with Gasteiger partial charge in [-0.2, -0.15) is 5.10 Å². The van der Waals surface area contributed by atoms with Crippen LogP contribution in [0.2, 0.25) is 0 Å². The average molecular weight is 345 g/mol. The Morgan fingerprint density at radius 3 is 2.56 bits per heavy atom. The van der Waals surface area contributed by atoms with E-state index in [4.69, 9.17) is 10.5 Å². The Bertz CT molecular complexity index is 721. The highest BCUT2D eigenvalue weighted by molar-refractivity contribution is 5.88. The van der Waals surface area contributed by atoms with Crippen molar-refractivity contribution in [3.8, 4) is 0 Å². The van der Waals surface area contributed by atoms with E-state index < -0.39 is 0 Å². The van der Waals surface area contributed by atoms with Crippen molar-refractivity contribution in [1.29, 1.82) is 0 Å². The summed E-state index contributed by atoms with van der Waals surface area (Å²) in [6.45, 7) is 9.40. The first-order valence-electron chi connectivity index (χ1n) is 8.65. The molecule has 0 bridgehead atoms. The van der Waals surface area contributed by atoms with Crippen LogP contribution in [0.25, 0.3) is 10.9 Å². The van der Waals surface area contributed by atoms with Gasteiger partial charge in [-0.15, -0.1) is 5.10 Å². The molecule has 2 aromatic heterocycles. The van der Waals surface area contributed by atoms with Crippen LogP contribution < -0.4 is 5.73 Å². The lowest BCUT2D eigenvalue weighted by Gasteiger charge is -2.23. The summed E-state index contributed by atoms with van der Waals surface area (Å²) in [7, 11) is 0. The molecule has 0 saturated carbocycles. The summed E-state index contributed by atoms with van der Waals surface area (Å²) in [6.07, 6.45) is 4.61. The van der Waals surface area contributed by atoms with Gasteiger partial charge >= 0.3 is 6.09 Å². The Morgan fingerprint density at radius 2 is 1.96 bits per heavy atom. The number of hydrogen-bond donors (Lipinski definition) is 1. The minimum Gasteiger partial charge on any atom is -0.444 e. The number of amides is 1. The van der Waals surface area contributed by atoms with Crippen LogP contribution in [-0.2, 0) is 11.2 Å². The van der Waals surface area contributed by atoms with E-state index in [0.29, 0.717) is 5.82 Å². The summed E-state index contributed by atoms with van der Waals surface area (Å²) in [4.78, 5) is 17.4. The second-order valence-electron chi connectivity index (χ2n) is 6.96. The van der Waals surface area contributed by atoms with E-state index in [-0.39, 0.29) is 11.7 Å². The van der Waals surface area contributed by atoms with Gasteiger partial charge in [0.25, 0.3) is 0 Å². The van der Waals surface area contributed by atoms with Gasteiger partial charge in [-0.05, 0) is 52.2 Å². The van der Waals surface area contributed by atoms with Gasteiger partial charge in [0, 0.05) is 24.7 Å². The number of nitrogens with two attached hydrogens (primary N) is 1. The van der Waals surface area contributed by atoms with E-state index in [9.17, 15) is 4.79 Å². The SMILES string of the molecule is CC(C)(C)OC(=O)N1CCCC1.CCc1nnc(N)c2cccnc12. The van der Waals surface area contributed by atoms with E-state index in [2.05, 4.69) is 15.2 Å². The highest BCUT2D eigenvalue weighted by Gasteiger charge is 2.23. The van der Waals surface area contributed by atoms with E-state index in [1.165, 1.54) is 0 Å². The van der Waals surface area contributed by atoms with Gasteiger partial charge in [0.15, 0.2) is 5.82 Å². The Hall–Kier alpha value is -2.44. The molecule has 0 aliphatic carbocycles. The number of likely N-dealkylation sites (tertiary alicyclic amines) is 1. The van der Waals surface area contributed by atoms with Crippen LogP contribution in [0.1, 0.15) is 46.2 Å². The first kappa shape index (κ1) is 18.9. The maximum atomic E-state index is 11.4. The van der Waals surface area contributed by atoms with Crippen molar-refractivity contribution >= 4 is 22.8 Å². The summed E-state index contributed by atoms with van der Waals surface area (Å²) in [5.41, 5.74) is 7.06. The van der Waals surface area contributed by atoms with Crippen LogP contribution >= 0.6 is 0 Å². The van der Waals surface area contributed by atoms with E-state index in [0.717, 1.165) is 48.9 Å². The third-order valence-corrected chi connectivity index (χ3v) is 3.73. The highest BCUT2D eigenvalue weighted by atomic mass is 16.6. The van der Waals surface area contributed by atoms with Gasteiger partial charge in [-0.3, -0.25) is 4.98 Å². The van der Waals surface area contributed by atoms with Crippen molar-refractivity contribution in [1.82, 2.24) is 20.1 Å². The fraction of sp³-hybridized carbons (Fsp3) is 0.556. The van der Waals surface area contributed by atoms with Crippen molar-refractivity contribution in [2.24, 2.45) is 0 Å². The zero-order valence-electron chi connectivity index (χ0n) is 15.5. The van der Waals surface area contributed by atoms with Crippen molar-refractivity contribution < 1.29 is 9.53 Å². The minimum absolute atomic E-state index is 0.167. The molecule has 0 unspecified atom stereocenters. The first-order valence-corrected chi connectivity index (χ1v) is 8.65. The lowest BCUT2D eigenvalue weighted by Crippen LogP contribution is -2.34. The Kier molecular flexibility index (Phi) is 6.12. The Morgan fingerprint density at radius 1 is 1.28 bits per heavy atom. The van der Waals surface area contributed by atoms with E-state index in [1.807, 2.05) is 39.8 Å². The van der Waals surface area contributed by atoms with Crippen molar-refractivity contribution in [3.63, 3.8) is 0 Å². The summed E-state index contributed by atoms with van der Waals surface area (Å²) in [6, 6.07) is 3.76. The maximum absolute atomic E-state index is 11.4. The second-order valence-corrected chi connectivity index (χ2v) is 6.96. The zero-order chi connectivity index (χ0) is 18.4. The fourth-order valence-electron chi connectivity index (χ4n) is 2.52. The largest absolute Gasteiger partial charge is 0.444 e. The number of hydrogen-bond acceptors (Lipinski definition) is 6. The molecule has 3 heterocycles. The summed E-state index contributed by atoms with van der Waals surface area (Å²) < 4.78 is 5.21. The summed E-state index contributed by atoms with van der Waals surface area (Å²) in [5, 5.41) is 8.74. The number of ether oxygens (including phenoxy) is 1. The lowest BCUT2D eigenvalue weighted by molar-refractivity contribution is 0.0295. The number of pyridine rings is 1. The molecule has 0 radical (unpaired) electrons. The maximum Gasteiger partial charge on any atom is 0.410 e. The van der Waals surface area contributed by atoms with Crippen LogP contribution in [-0.4, -0.2) is 44.9 Å². The second kappa shape index (κ2) is 8.09. The third-order valence-electron chi connectivity index (χ3n) is 3.73. The molecule has 1 fully saturated rings. The average Bonchev–Trinajstić information content (AvgIpc) is 3.09. The monoisotopic (exact) mass is 345 g/mol. The molecule has 0 aromatic carbocycles. The number of rotatable bonds is 1. The molecular weight excluding hydrogens is 318 g/mol. The van der Waals surface area contributed by atoms with Crippen LogP contribution in [0.15, 0.2) is 18.3 Å². The number of carbonyl (C=O) groups is 1. The van der Waals surface area contributed by atoms with Crippen molar-refractivity contribution in [3.05, 3.63) is 24.0 Å². The Labute approximate surface area is 148 Å². The number of aryl methyl sites for hydroxylation is 1. The topological polar surface area (TPSA) is 94.2 Å². The third kappa shape index (κ3) is 5.27. The van der Waals surface area contributed by atoms with Gasteiger partial charge in [0.05, 0.1) is 11.2 Å². The summed E-state index contributed by atoms with van der Waals surface area (Å²) in [5.74, 6) is 0.445. The molecule has 1 saturated heterocycles. The molecule has 0 spiro atoms. The van der Waals surface area contributed by atoms with Crippen LogP contribution in [0.4, 0.5) is 10.6 Å². The zero-order valence-corrected chi connectivity index (χ0v) is 15.5. The number of anilines is 1. The number of aromatic nitrogens is 3. The predicted octanol–water partition coefficient (Wildman–Crippen LogP) is 3.19. The molecule has 7 nitrogen and oxygen atoms in total. The number of carbonyl (C=O) groups excluding carboxylic acids is 1.